The van der Waals surface area contributed by atoms with Gasteiger partial charge in [-0.25, -0.2) is 9.59 Å². The zero-order valence-corrected chi connectivity index (χ0v) is 6.20. The summed E-state index contributed by atoms with van der Waals surface area (Å²) in [7, 11) is 0. The van der Waals surface area contributed by atoms with Gasteiger partial charge in [0.2, 0.25) is 0 Å². The first kappa shape index (κ1) is 9.01. The van der Waals surface area contributed by atoms with Crippen molar-refractivity contribution in [3.05, 3.63) is 17.1 Å². The Kier molecular flexibility index (Phi) is 3.54. The molecule has 0 bridgehead atoms. The molecule has 1 N–H and O–H groups in total. The summed E-state index contributed by atoms with van der Waals surface area (Å²) >= 11 is 1.11. The van der Waals surface area contributed by atoms with Crippen LogP contribution in [-0.2, 0) is 9.59 Å². The number of carboxylic acids is 1. The van der Waals surface area contributed by atoms with Gasteiger partial charge in [0.15, 0.2) is 5.57 Å². The van der Waals surface area contributed by atoms with Gasteiger partial charge in [-0.1, -0.05) is 6.58 Å². The van der Waals surface area contributed by atoms with Gasteiger partial charge in [-0.05, 0) is 6.26 Å². The van der Waals surface area contributed by atoms with Crippen molar-refractivity contribution in [3.8, 4) is 0 Å². The van der Waals surface area contributed by atoms with E-state index in [-0.39, 0.29) is 4.91 Å². The number of carboxylic acid groups (broad SMARTS) is 1. The number of thioether (sulfide) groups is 1. The highest BCUT2D eigenvalue weighted by molar-refractivity contribution is 8.02. The third-order valence-corrected chi connectivity index (χ3v) is 1.54. The van der Waals surface area contributed by atoms with Crippen LogP contribution >= 0.6 is 11.8 Å². The van der Waals surface area contributed by atoms with Crippen molar-refractivity contribution in [1.29, 1.82) is 0 Å². The predicted molar refractivity (Wildman–Crippen MR) is 39.5 cm³/mol. The molecule has 4 heteroatoms. The fourth-order valence-electron chi connectivity index (χ4n) is 0.322. The molecule has 0 fully saturated rings. The van der Waals surface area contributed by atoms with Gasteiger partial charge >= 0.3 is 5.97 Å². The quantitative estimate of drug-likeness (QED) is 0.373. The van der Waals surface area contributed by atoms with E-state index in [1.54, 1.807) is 6.26 Å². The predicted octanol–water partition coefficient (Wildman–Crippen LogP) is 0.706. The van der Waals surface area contributed by atoms with Crippen LogP contribution in [0.3, 0.4) is 0 Å². The molecule has 0 aliphatic rings. The fraction of sp³-hybridized carbons (Fsp3) is 0.167. The van der Waals surface area contributed by atoms with E-state index < -0.39 is 11.5 Å². The van der Waals surface area contributed by atoms with E-state index in [4.69, 9.17) is 5.11 Å². The molecule has 0 aromatic rings. The average Bonchev–Trinajstić information content (AvgIpc) is 1.88. The summed E-state index contributed by atoms with van der Waals surface area (Å²) in [5.41, 5.74) is -0.396. The molecule has 0 aliphatic carbocycles. The first-order valence-electron chi connectivity index (χ1n) is 2.35. The largest absolute Gasteiger partial charge is 0.477 e. The normalized spacial score (nSPS) is 8.10. The average molecular weight is 158 g/mol. The molecule has 0 radical (unpaired) electrons. The topological polar surface area (TPSA) is 54.4 Å². The first-order valence-corrected chi connectivity index (χ1v) is 3.57. The molecular weight excluding hydrogens is 152 g/mol. The van der Waals surface area contributed by atoms with Crippen molar-refractivity contribution in [3.63, 3.8) is 0 Å². The lowest BCUT2D eigenvalue weighted by atomic mass is 10.3. The summed E-state index contributed by atoms with van der Waals surface area (Å²) in [6.45, 7) is 3.35. The summed E-state index contributed by atoms with van der Waals surface area (Å²) in [5, 5.41) is 8.30. The maximum Gasteiger partial charge on any atom is 0.348 e. The van der Waals surface area contributed by atoms with E-state index >= 15 is 0 Å². The Bertz CT molecular complexity index is 213. The molecule has 0 atom stereocenters. The Morgan fingerprint density at radius 1 is 1.70 bits per heavy atom. The lowest BCUT2D eigenvalue weighted by Gasteiger charge is -1.95. The van der Waals surface area contributed by atoms with Crippen LogP contribution in [0, 0.1) is 0 Å². The van der Waals surface area contributed by atoms with Crippen molar-refractivity contribution < 1.29 is 14.7 Å². The molecule has 0 aromatic carbocycles. The lowest BCUT2D eigenvalue weighted by Crippen LogP contribution is -2.01. The number of hydrogen-bond acceptors (Lipinski definition) is 3. The molecule has 0 saturated heterocycles. The van der Waals surface area contributed by atoms with E-state index in [9.17, 15) is 9.59 Å². The summed E-state index contributed by atoms with van der Waals surface area (Å²) in [6, 6.07) is 0. The van der Waals surface area contributed by atoms with Crippen LogP contribution in [0.15, 0.2) is 17.1 Å². The maximum absolute atomic E-state index is 10.2. The van der Waals surface area contributed by atoms with Gasteiger partial charge in [-0.2, -0.15) is 0 Å². The molecule has 54 valence electrons. The van der Waals surface area contributed by atoms with Gasteiger partial charge in [0.05, 0.1) is 0 Å². The second-order valence-electron chi connectivity index (χ2n) is 1.41. The standard InChI is InChI=1S/C6H6O3S/c1-4(10-2)5(3-7)6(8)9/h1H2,2H3,(H,8,9). The summed E-state index contributed by atoms with van der Waals surface area (Å²) in [5.74, 6) is 0.0159. The van der Waals surface area contributed by atoms with Crippen LogP contribution in [0.1, 0.15) is 0 Å². The zero-order valence-electron chi connectivity index (χ0n) is 5.38. The molecule has 0 amide bonds. The van der Waals surface area contributed by atoms with Gasteiger partial charge in [0.1, 0.15) is 5.94 Å². The molecule has 0 aromatic heterocycles. The molecule has 10 heavy (non-hydrogen) atoms. The van der Waals surface area contributed by atoms with Gasteiger partial charge < -0.3 is 5.11 Å². The summed E-state index contributed by atoms with van der Waals surface area (Å²) in [6.07, 6.45) is 1.64. The SMILES string of the molecule is C=C(SC)C(=C=O)C(=O)O. The van der Waals surface area contributed by atoms with Crippen molar-refractivity contribution in [1.82, 2.24) is 0 Å². The van der Waals surface area contributed by atoms with E-state index in [0.717, 1.165) is 11.8 Å². The Balaban J connectivity index is 4.56. The van der Waals surface area contributed by atoms with Crippen LogP contribution in [-0.4, -0.2) is 23.3 Å². The number of aliphatic carboxylic acids is 1. The second-order valence-corrected chi connectivity index (χ2v) is 2.31. The molecular formula is C6H6O3S. The molecule has 3 nitrogen and oxygen atoms in total. The Labute approximate surface area is 62.4 Å². The highest BCUT2D eigenvalue weighted by atomic mass is 32.2. The van der Waals surface area contributed by atoms with E-state index in [2.05, 4.69) is 6.58 Å². The molecule has 0 saturated carbocycles. The van der Waals surface area contributed by atoms with Crippen LogP contribution in [0.5, 0.6) is 0 Å². The minimum absolute atomic E-state index is 0.225. The monoisotopic (exact) mass is 158 g/mol. The van der Waals surface area contributed by atoms with Gasteiger partial charge in [-0.15, -0.1) is 11.8 Å². The fourth-order valence-corrected chi connectivity index (χ4v) is 0.655. The second kappa shape index (κ2) is 3.93. The highest BCUT2D eigenvalue weighted by Gasteiger charge is 2.10. The number of hydrogen-bond donors (Lipinski definition) is 1. The number of rotatable bonds is 3. The maximum atomic E-state index is 10.2. The Morgan fingerprint density at radius 3 is 2.30 bits per heavy atom. The van der Waals surface area contributed by atoms with Crippen molar-refractivity contribution in [2.45, 2.75) is 0 Å². The third kappa shape index (κ3) is 2.09. The third-order valence-electron chi connectivity index (χ3n) is 0.841. The van der Waals surface area contributed by atoms with Crippen molar-refractivity contribution >= 4 is 23.7 Å². The smallest absolute Gasteiger partial charge is 0.348 e. The van der Waals surface area contributed by atoms with E-state index in [1.165, 1.54) is 5.94 Å². The van der Waals surface area contributed by atoms with Gasteiger partial charge in [-0.3, -0.25) is 0 Å². The van der Waals surface area contributed by atoms with Crippen LogP contribution in [0.25, 0.3) is 0 Å². The first-order chi connectivity index (χ1) is 4.63. The van der Waals surface area contributed by atoms with Crippen molar-refractivity contribution in [2.75, 3.05) is 6.26 Å². The Hall–Kier alpha value is -0.990. The van der Waals surface area contributed by atoms with E-state index in [1.807, 2.05) is 0 Å². The molecule has 0 heterocycles. The van der Waals surface area contributed by atoms with E-state index in [0.29, 0.717) is 0 Å². The highest BCUT2D eigenvalue weighted by Crippen LogP contribution is 2.16. The van der Waals surface area contributed by atoms with Crippen LogP contribution < -0.4 is 0 Å². The minimum atomic E-state index is -1.28. The van der Waals surface area contributed by atoms with Crippen LogP contribution in [0.4, 0.5) is 0 Å². The molecule has 0 unspecified atom stereocenters. The zero-order chi connectivity index (χ0) is 8.15. The summed E-state index contributed by atoms with van der Waals surface area (Å²) < 4.78 is 0. The van der Waals surface area contributed by atoms with Crippen LogP contribution in [0.2, 0.25) is 0 Å². The number of carbonyl (C=O) groups is 1. The molecule has 0 aliphatic heterocycles. The summed E-state index contributed by atoms with van der Waals surface area (Å²) in [4.78, 5) is 20.3. The Morgan fingerprint density at radius 2 is 2.20 bits per heavy atom. The van der Waals surface area contributed by atoms with Gasteiger partial charge in [0.25, 0.3) is 0 Å². The van der Waals surface area contributed by atoms with Crippen molar-refractivity contribution in [2.24, 2.45) is 0 Å². The minimum Gasteiger partial charge on any atom is -0.477 e. The number of carbonyl (C=O) groups excluding carboxylic acids is 1. The molecule has 0 rings (SSSR count). The van der Waals surface area contributed by atoms with Gasteiger partial charge in [0, 0.05) is 4.91 Å². The molecule has 0 spiro atoms. The lowest BCUT2D eigenvalue weighted by molar-refractivity contribution is -0.132.